The van der Waals surface area contributed by atoms with Crippen LogP contribution in [0.4, 0.5) is 0 Å². The van der Waals surface area contributed by atoms with Gasteiger partial charge in [-0.2, -0.15) is 0 Å². The molecule has 0 atom stereocenters. The van der Waals surface area contributed by atoms with Crippen molar-refractivity contribution in [2.45, 2.75) is 26.3 Å². The van der Waals surface area contributed by atoms with Crippen LogP contribution in [0.25, 0.3) is 0 Å². The van der Waals surface area contributed by atoms with Crippen LogP contribution < -0.4 is 4.74 Å². The van der Waals surface area contributed by atoms with Crippen molar-refractivity contribution in [3.8, 4) is 5.75 Å². The molecule has 1 N–H and O–H groups in total. The van der Waals surface area contributed by atoms with Crippen LogP contribution in [0.15, 0.2) is 54.6 Å². The highest BCUT2D eigenvalue weighted by Gasteiger charge is 2.16. The standard InChI is InChI=1S/C21H23NO5/c1-16(23)18-9-11-19(12-10-18)27-13-5-8-20(24)22(15-21(25)26)14-17-6-3-2-4-7-17/h2-4,6-7,9-12H,5,8,13-15H2,1H3,(H,25,26). The molecule has 0 saturated heterocycles. The molecule has 6 nitrogen and oxygen atoms in total. The van der Waals surface area contributed by atoms with Crippen molar-refractivity contribution >= 4 is 17.7 Å². The molecule has 0 heterocycles. The Bertz CT molecular complexity index is 771. The Morgan fingerprint density at radius 1 is 1.00 bits per heavy atom. The van der Waals surface area contributed by atoms with Crippen molar-refractivity contribution < 1.29 is 24.2 Å². The number of carboxylic acids is 1. The summed E-state index contributed by atoms with van der Waals surface area (Å²) in [6, 6.07) is 16.1. The fraction of sp³-hybridized carbons (Fsp3) is 0.286. The third-order valence-electron chi connectivity index (χ3n) is 3.96. The minimum atomic E-state index is -1.04. The van der Waals surface area contributed by atoms with Gasteiger partial charge in [0.1, 0.15) is 12.3 Å². The Hall–Kier alpha value is -3.15. The number of hydrogen-bond acceptors (Lipinski definition) is 4. The van der Waals surface area contributed by atoms with E-state index in [4.69, 9.17) is 9.84 Å². The second-order valence-electron chi connectivity index (χ2n) is 6.16. The molecule has 0 bridgehead atoms. The minimum absolute atomic E-state index is 0.0101. The maximum atomic E-state index is 12.4. The second kappa shape index (κ2) is 10.1. The first-order chi connectivity index (χ1) is 13.0. The van der Waals surface area contributed by atoms with E-state index in [0.29, 0.717) is 24.3 Å². The van der Waals surface area contributed by atoms with Crippen LogP contribution in [0.2, 0.25) is 0 Å². The summed E-state index contributed by atoms with van der Waals surface area (Å²) in [5.41, 5.74) is 1.50. The number of Topliss-reactive ketones (excluding diaryl/α,β-unsaturated/α-hetero) is 1. The normalized spacial score (nSPS) is 10.3. The van der Waals surface area contributed by atoms with E-state index in [1.165, 1.54) is 11.8 Å². The molecule has 2 aromatic rings. The zero-order valence-electron chi connectivity index (χ0n) is 15.3. The minimum Gasteiger partial charge on any atom is -0.494 e. The highest BCUT2D eigenvalue weighted by atomic mass is 16.5. The van der Waals surface area contributed by atoms with Gasteiger partial charge in [0.2, 0.25) is 5.91 Å². The van der Waals surface area contributed by atoms with Gasteiger partial charge < -0.3 is 14.7 Å². The summed E-state index contributed by atoms with van der Waals surface area (Å²) in [5.74, 6) is -0.652. The number of nitrogens with zero attached hydrogens (tertiary/aromatic N) is 1. The van der Waals surface area contributed by atoms with Crippen LogP contribution in [0, 0.1) is 0 Å². The number of amides is 1. The average Bonchev–Trinajstić information content (AvgIpc) is 2.65. The predicted octanol–water partition coefficient (Wildman–Crippen LogP) is 3.16. The smallest absolute Gasteiger partial charge is 0.323 e. The van der Waals surface area contributed by atoms with Gasteiger partial charge in [0.05, 0.1) is 6.61 Å². The van der Waals surface area contributed by atoms with Crippen LogP contribution in [0.5, 0.6) is 5.75 Å². The number of ketones is 1. The van der Waals surface area contributed by atoms with E-state index in [0.717, 1.165) is 5.56 Å². The van der Waals surface area contributed by atoms with E-state index in [1.807, 2.05) is 30.3 Å². The third kappa shape index (κ3) is 6.93. The molecule has 27 heavy (non-hydrogen) atoms. The molecule has 142 valence electrons. The Balaban J connectivity index is 1.82. The lowest BCUT2D eigenvalue weighted by Gasteiger charge is -2.21. The van der Waals surface area contributed by atoms with Gasteiger partial charge in [-0.15, -0.1) is 0 Å². The fourth-order valence-electron chi connectivity index (χ4n) is 2.56. The summed E-state index contributed by atoms with van der Waals surface area (Å²) in [6.45, 7) is 1.76. The number of aliphatic carboxylic acids is 1. The lowest BCUT2D eigenvalue weighted by atomic mass is 10.1. The molecule has 0 fully saturated rings. The topological polar surface area (TPSA) is 83.9 Å². The SMILES string of the molecule is CC(=O)c1ccc(OCCCC(=O)N(CC(=O)O)Cc2ccccc2)cc1. The number of ether oxygens (including phenoxy) is 1. The van der Waals surface area contributed by atoms with E-state index in [-0.39, 0.29) is 31.2 Å². The fourth-order valence-corrected chi connectivity index (χ4v) is 2.56. The first-order valence-corrected chi connectivity index (χ1v) is 8.73. The van der Waals surface area contributed by atoms with E-state index in [2.05, 4.69) is 0 Å². The Morgan fingerprint density at radius 3 is 2.26 bits per heavy atom. The Kier molecular flexibility index (Phi) is 7.55. The van der Waals surface area contributed by atoms with Crippen molar-refractivity contribution in [3.63, 3.8) is 0 Å². The number of carbonyl (C=O) groups is 3. The molecule has 0 saturated carbocycles. The van der Waals surface area contributed by atoms with E-state index < -0.39 is 5.97 Å². The van der Waals surface area contributed by atoms with Gasteiger partial charge >= 0.3 is 5.97 Å². The number of carbonyl (C=O) groups excluding carboxylic acids is 2. The highest BCUT2D eigenvalue weighted by molar-refractivity contribution is 5.94. The summed E-state index contributed by atoms with van der Waals surface area (Å²) in [4.78, 5) is 36.0. The molecular formula is C21H23NO5. The Morgan fingerprint density at radius 2 is 1.67 bits per heavy atom. The molecule has 2 rings (SSSR count). The van der Waals surface area contributed by atoms with Gasteiger partial charge in [-0.1, -0.05) is 30.3 Å². The molecule has 0 aromatic heterocycles. The van der Waals surface area contributed by atoms with Gasteiger partial charge in [0.25, 0.3) is 0 Å². The number of benzene rings is 2. The first kappa shape index (κ1) is 20.2. The lowest BCUT2D eigenvalue weighted by Crippen LogP contribution is -2.35. The summed E-state index contributed by atoms with van der Waals surface area (Å²) >= 11 is 0. The monoisotopic (exact) mass is 369 g/mol. The summed E-state index contributed by atoms with van der Waals surface area (Å²) in [7, 11) is 0. The zero-order valence-corrected chi connectivity index (χ0v) is 15.3. The quantitative estimate of drug-likeness (QED) is 0.514. The van der Waals surface area contributed by atoms with E-state index in [1.54, 1.807) is 24.3 Å². The van der Waals surface area contributed by atoms with Crippen LogP contribution in [0.1, 0.15) is 35.7 Å². The predicted molar refractivity (Wildman–Crippen MR) is 101 cm³/mol. The first-order valence-electron chi connectivity index (χ1n) is 8.73. The van der Waals surface area contributed by atoms with Gasteiger partial charge in [-0.3, -0.25) is 14.4 Å². The molecule has 0 radical (unpaired) electrons. The third-order valence-corrected chi connectivity index (χ3v) is 3.96. The van der Waals surface area contributed by atoms with Crippen molar-refractivity contribution in [1.29, 1.82) is 0 Å². The van der Waals surface area contributed by atoms with Crippen LogP contribution in [0.3, 0.4) is 0 Å². The van der Waals surface area contributed by atoms with Crippen molar-refractivity contribution in [2.24, 2.45) is 0 Å². The summed E-state index contributed by atoms with van der Waals surface area (Å²) in [5, 5.41) is 9.05. The zero-order chi connectivity index (χ0) is 19.6. The van der Waals surface area contributed by atoms with Crippen LogP contribution in [-0.2, 0) is 16.1 Å². The highest BCUT2D eigenvalue weighted by Crippen LogP contribution is 2.13. The second-order valence-corrected chi connectivity index (χ2v) is 6.16. The molecule has 2 aromatic carbocycles. The molecule has 1 amide bonds. The van der Waals surface area contributed by atoms with Crippen LogP contribution >= 0.6 is 0 Å². The van der Waals surface area contributed by atoms with Gasteiger partial charge in [0.15, 0.2) is 5.78 Å². The number of carboxylic acid groups (broad SMARTS) is 1. The molecule has 0 aliphatic rings. The van der Waals surface area contributed by atoms with Gasteiger partial charge in [-0.25, -0.2) is 0 Å². The van der Waals surface area contributed by atoms with Gasteiger partial charge in [-0.05, 0) is 43.2 Å². The maximum absolute atomic E-state index is 12.4. The maximum Gasteiger partial charge on any atom is 0.323 e. The summed E-state index contributed by atoms with van der Waals surface area (Å²) in [6.07, 6.45) is 0.670. The van der Waals surface area contributed by atoms with E-state index in [9.17, 15) is 14.4 Å². The molecule has 0 aliphatic heterocycles. The number of rotatable bonds is 10. The largest absolute Gasteiger partial charge is 0.494 e. The Labute approximate surface area is 158 Å². The average molecular weight is 369 g/mol. The van der Waals surface area contributed by atoms with E-state index >= 15 is 0 Å². The number of hydrogen-bond donors (Lipinski definition) is 1. The van der Waals surface area contributed by atoms with Crippen molar-refractivity contribution in [3.05, 3.63) is 65.7 Å². The molecule has 0 aliphatic carbocycles. The van der Waals surface area contributed by atoms with Crippen molar-refractivity contribution in [2.75, 3.05) is 13.2 Å². The van der Waals surface area contributed by atoms with Gasteiger partial charge in [0, 0.05) is 18.5 Å². The molecule has 0 unspecified atom stereocenters. The molecular weight excluding hydrogens is 346 g/mol. The van der Waals surface area contributed by atoms with Crippen LogP contribution in [-0.4, -0.2) is 40.8 Å². The van der Waals surface area contributed by atoms with Crippen molar-refractivity contribution in [1.82, 2.24) is 4.90 Å². The molecule has 0 spiro atoms. The molecule has 6 heteroatoms. The lowest BCUT2D eigenvalue weighted by molar-refractivity contribution is -0.145. The summed E-state index contributed by atoms with van der Waals surface area (Å²) < 4.78 is 5.57.